The van der Waals surface area contributed by atoms with Crippen molar-refractivity contribution in [1.82, 2.24) is 4.90 Å². The molecule has 2 heterocycles. The second-order valence-electron chi connectivity index (χ2n) is 9.16. The zero-order valence-corrected chi connectivity index (χ0v) is 21.1. The van der Waals surface area contributed by atoms with Gasteiger partial charge in [0.15, 0.2) is 17.3 Å². The first kappa shape index (κ1) is 24.6. The third kappa shape index (κ3) is 4.72. The number of carbonyl (C=O) groups excluding carboxylic acids is 1. The summed E-state index contributed by atoms with van der Waals surface area (Å²) in [6.07, 6.45) is 1.66. The Balaban J connectivity index is 1.37. The minimum Gasteiger partial charge on any atom is -0.507 e. The molecule has 0 radical (unpaired) electrons. The highest BCUT2D eigenvalue weighted by Crippen LogP contribution is 2.42. The van der Waals surface area contributed by atoms with Gasteiger partial charge in [0.25, 0.3) is 0 Å². The van der Waals surface area contributed by atoms with Crippen LogP contribution in [0.2, 0.25) is 0 Å². The monoisotopic (exact) mass is 504 g/mol. The van der Waals surface area contributed by atoms with E-state index in [0.29, 0.717) is 72.4 Å². The van der Waals surface area contributed by atoms with E-state index in [4.69, 9.17) is 14.2 Å². The van der Waals surface area contributed by atoms with E-state index in [1.54, 1.807) is 57.6 Å². The molecule has 0 spiro atoms. The normalized spacial score (nSPS) is 16.6. The summed E-state index contributed by atoms with van der Waals surface area (Å²) in [6.45, 7) is 4.87. The van der Waals surface area contributed by atoms with Crippen molar-refractivity contribution in [3.05, 3.63) is 82.4 Å². The minimum atomic E-state index is -0.231. The lowest BCUT2D eigenvalue weighted by atomic mass is 9.99. The first-order valence-electron chi connectivity index (χ1n) is 12.1. The largest absolute Gasteiger partial charge is 0.507 e. The van der Waals surface area contributed by atoms with E-state index >= 15 is 0 Å². The number of fused-ring (bicyclic) bond motifs is 1. The molecule has 8 heteroatoms. The third-order valence-corrected chi connectivity index (χ3v) is 6.87. The lowest BCUT2D eigenvalue weighted by Gasteiger charge is -2.36. The van der Waals surface area contributed by atoms with Crippen molar-refractivity contribution < 1.29 is 28.5 Å². The van der Waals surface area contributed by atoms with Crippen LogP contribution in [0.25, 0.3) is 6.08 Å². The number of aryl methyl sites for hydroxylation is 1. The fourth-order valence-electron chi connectivity index (χ4n) is 4.91. The summed E-state index contributed by atoms with van der Waals surface area (Å²) in [5.74, 6) is 1.34. The van der Waals surface area contributed by atoms with Crippen LogP contribution >= 0.6 is 0 Å². The van der Waals surface area contributed by atoms with E-state index in [2.05, 4.69) is 4.90 Å². The molecular formula is C29H29FN2O5. The van der Waals surface area contributed by atoms with Crippen molar-refractivity contribution in [2.45, 2.75) is 13.5 Å². The van der Waals surface area contributed by atoms with Gasteiger partial charge >= 0.3 is 0 Å². The number of rotatable bonds is 6. The van der Waals surface area contributed by atoms with Gasteiger partial charge in [-0.15, -0.1) is 0 Å². The lowest BCUT2D eigenvalue weighted by molar-refractivity contribution is 0.101. The number of aromatic hydroxyl groups is 1. The summed E-state index contributed by atoms with van der Waals surface area (Å²) < 4.78 is 31.0. The zero-order chi connectivity index (χ0) is 26.1. The average Bonchev–Trinajstić information content (AvgIpc) is 3.23. The summed E-state index contributed by atoms with van der Waals surface area (Å²) in [6, 6.07) is 13.7. The molecule has 1 N–H and O–H groups in total. The predicted octanol–water partition coefficient (Wildman–Crippen LogP) is 4.80. The Labute approximate surface area is 215 Å². The number of phenolic OH excluding ortho intramolecular Hbond substituents is 1. The number of phenols is 1. The van der Waals surface area contributed by atoms with Gasteiger partial charge in [-0.2, -0.15) is 0 Å². The van der Waals surface area contributed by atoms with Gasteiger partial charge in [-0.05, 0) is 54.5 Å². The smallest absolute Gasteiger partial charge is 0.232 e. The van der Waals surface area contributed by atoms with Crippen LogP contribution in [0.5, 0.6) is 23.0 Å². The van der Waals surface area contributed by atoms with Crippen molar-refractivity contribution in [1.29, 1.82) is 0 Å². The molecule has 192 valence electrons. The molecule has 37 heavy (non-hydrogen) atoms. The average molecular weight is 505 g/mol. The molecule has 7 nitrogen and oxygen atoms in total. The van der Waals surface area contributed by atoms with Gasteiger partial charge in [-0.3, -0.25) is 9.69 Å². The quantitative estimate of drug-likeness (QED) is 0.484. The van der Waals surface area contributed by atoms with Crippen LogP contribution < -0.4 is 19.1 Å². The number of allylic oxidation sites excluding steroid dienone is 1. The van der Waals surface area contributed by atoms with Gasteiger partial charge in [0.05, 0.1) is 31.0 Å². The molecule has 3 aromatic carbocycles. The molecule has 5 rings (SSSR count). The van der Waals surface area contributed by atoms with Crippen LogP contribution in [-0.4, -0.2) is 56.2 Å². The Morgan fingerprint density at radius 1 is 1.03 bits per heavy atom. The van der Waals surface area contributed by atoms with Gasteiger partial charge in [-0.25, -0.2) is 4.39 Å². The fourth-order valence-corrected chi connectivity index (χ4v) is 4.91. The van der Waals surface area contributed by atoms with Crippen molar-refractivity contribution in [3.63, 3.8) is 0 Å². The molecule has 0 aromatic heterocycles. The highest BCUT2D eigenvalue weighted by atomic mass is 19.1. The Bertz CT molecular complexity index is 1380. The van der Waals surface area contributed by atoms with E-state index in [-0.39, 0.29) is 23.1 Å². The maximum Gasteiger partial charge on any atom is 0.232 e. The second-order valence-corrected chi connectivity index (χ2v) is 9.16. The molecule has 2 aliphatic rings. The Morgan fingerprint density at radius 3 is 2.46 bits per heavy atom. The number of benzene rings is 3. The first-order valence-corrected chi connectivity index (χ1v) is 12.1. The maximum atomic E-state index is 14.2. The number of anilines is 1. The molecule has 0 saturated carbocycles. The predicted molar refractivity (Wildman–Crippen MR) is 139 cm³/mol. The summed E-state index contributed by atoms with van der Waals surface area (Å²) in [5.41, 5.74) is 3.01. The molecule has 1 fully saturated rings. The molecular weight excluding hydrogens is 475 g/mol. The number of para-hydroxylation sites is 1. The van der Waals surface area contributed by atoms with Gasteiger partial charge in [-0.1, -0.05) is 18.2 Å². The number of nitrogens with zero attached hydrogens (tertiary/aromatic N) is 2. The van der Waals surface area contributed by atoms with Crippen LogP contribution in [0.4, 0.5) is 10.1 Å². The molecule has 0 atom stereocenters. The zero-order valence-electron chi connectivity index (χ0n) is 21.1. The van der Waals surface area contributed by atoms with Gasteiger partial charge < -0.3 is 24.2 Å². The Hall–Kier alpha value is -4.04. The SMILES string of the molecule is COc1ccc(/C=C2\Oc3c(CN4CCN(c5ccccc5F)CC4)c(O)cc(C)c3C2=O)cc1OC. The number of carbonyl (C=O) groups is 1. The first-order chi connectivity index (χ1) is 17.9. The van der Waals surface area contributed by atoms with Gasteiger partial charge in [0.2, 0.25) is 5.78 Å². The number of ketones is 1. The number of hydrogen-bond donors (Lipinski definition) is 1. The van der Waals surface area contributed by atoms with Crippen LogP contribution in [0.15, 0.2) is 54.3 Å². The fraction of sp³-hybridized carbons (Fsp3) is 0.276. The summed E-state index contributed by atoms with van der Waals surface area (Å²) in [4.78, 5) is 17.5. The maximum absolute atomic E-state index is 14.2. The van der Waals surface area contributed by atoms with Crippen molar-refractivity contribution in [3.8, 4) is 23.0 Å². The van der Waals surface area contributed by atoms with E-state index in [0.717, 1.165) is 5.56 Å². The molecule has 3 aromatic rings. The third-order valence-electron chi connectivity index (χ3n) is 6.87. The standard InChI is InChI=1S/C29H29FN2O5/c1-18-14-23(33)20(17-31-10-12-32(13-11-31)22-7-5-4-6-21(22)30)29-27(18)28(34)26(37-29)16-19-8-9-24(35-2)25(15-19)36-3/h4-9,14-16,33H,10-13,17H2,1-3H3/b26-16-. The van der Waals surface area contributed by atoms with E-state index < -0.39 is 0 Å². The number of piperazine rings is 1. The van der Waals surface area contributed by atoms with Crippen molar-refractivity contribution in [2.75, 3.05) is 45.3 Å². The number of Topliss-reactive ketones (excluding diaryl/α,β-unsaturated/α-hetero) is 1. The van der Waals surface area contributed by atoms with Crippen molar-refractivity contribution >= 4 is 17.5 Å². The highest BCUT2D eigenvalue weighted by molar-refractivity contribution is 6.15. The number of hydrogen-bond acceptors (Lipinski definition) is 7. The lowest BCUT2D eigenvalue weighted by Crippen LogP contribution is -2.46. The van der Waals surface area contributed by atoms with Crippen LogP contribution in [0.1, 0.15) is 27.0 Å². The van der Waals surface area contributed by atoms with E-state index in [1.165, 1.54) is 6.07 Å². The Morgan fingerprint density at radius 2 is 1.76 bits per heavy atom. The second kappa shape index (κ2) is 10.1. The number of halogens is 1. The Kier molecular flexibility index (Phi) is 6.76. The van der Waals surface area contributed by atoms with Gasteiger partial charge in [0, 0.05) is 32.7 Å². The molecule has 1 saturated heterocycles. The minimum absolute atomic E-state index is 0.0907. The van der Waals surface area contributed by atoms with Crippen LogP contribution in [0.3, 0.4) is 0 Å². The summed E-state index contributed by atoms with van der Waals surface area (Å²) in [5, 5.41) is 10.8. The molecule has 0 unspecified atom stereocenters. The van der Waals surface area contributed by atoms with Gasteiger partial charge in [0.1, 0.15) is 17.3 Å². The topological polar surface area (TPSA) is 71.5 Å². The summed E-state index contributed by atoms with van der Waals surface area (Å²) in [7, 11) is 3.11. The molecule has 0 bridgehead atoms. The molecule has 0 aliphatic carbocycles. The highest BCUT2D eigenvalue weighted by Gasteiger charge is 2.34. The number of ether oxygens (including phenoxy) is 3. The summed E-state index contributed by atoms with van der Waals surface area (Å²) >= 11 is 0. The molecule has 2 aliphatic heterocycles. The number of methoxy groups -OCH3 is 2. The van der Waals surface area contributed by atoms with E-state index in [9.17, 15) is 14.3 Å². The van der Waals surface area contributed by atoms with Crippen LogP contribution in [-0.2, 0) is 6.54 Å². The van der Waals surface area contributed by atoms with Crippen LogP contribution in [0, 0.1) is 12.7 Å². The van der Waals surface area contributed by atoms with E-state index in [1.807, 2.05) is 17.0 Å². The van der Waals surface area contributed by atoms with Crippen molar-refractivity contribution in [2.24, 2.45) is 0 Å². The molecule has 0 amide bonds.